The fraction of sp³-hybridized carbons (Fsp3) is 0.375. The Kier molecular flexibility index (Phi) is 5.80. The minimum atomic E-state index is -0.0402. The van der Waals surface area contributed by atoms with E-state index < -0.39 is 0 Å². The first kappa shape index (κ1) is 21.5. The molecule has 5 rings (SSSR count). The van der Waals surface area contributed by atoms with Crippen molar-refractivity contribution in [2.75, 3.05) is 12.4 Å². The Morgan fingerprint density at radius 2 is 2.06 bits per heavy atom. The number of carbonyl (C=O) groups excluding carboxylic acids is 1. The summed E-state index contributed by atoms with van der Waals surface area (Å²) in [6.45, 7) is 0.649. The Bertz CT molecular complexity index is 1330. The van der Waals surface area contributed by atoms with Gasteiger partial charge in [0.05, 0.1) is 24.4 Å². The smallest absolute Gasteiger partial charge is 0.328 e. The molecule has 3 aromatic heterocycles. The molecule has 3 heterocycles. The predicted octanol–water partition coefficient (Wildman–Crippen LogP) is 4.51. The van der Waals surface area contributed by atoms with Gasteiger partial charge in [-0.15, -0.1) is 11.3 Å². The normalized spacial score (nSPS) is 18.5. The van der Waals surface area contributed by atoms with E-state index in [-0.39, 0.29) is 17.5 Å². The van der Waals surface area contributed by atoms with Gasteiger partial charge in [0.15, 0.2) is 10.9 Å². The molecular weight excluding hydrogens is 440 g/mol. The monoisotopic (exact) mass is 466 g/mol. The number of aromatic nitrogens is 3. The van der Waals surface area contributed by atoms with Gasteiger partial charge in [-0.25, -0.2) is 9.78 Å². The molecule has 1 aromatic carbocycles. The molecule has 1 amide bonds. The van der Waals surface area contributed by atoms with Crippen molar-refractivity contribution in [2.45, 2.75) is 32.2 Å². The van der Waals surface area contributed by atoms with Crippen molar-refractivity contribution in [1.82, 2.24) is 14.1 Å². The third-order valence-electron chi connectivity index (χ3n) is 6.52. The van der Waals surface area contributed by atoms with Crippen LogP contribution in [0.25, 0.3) is 22.5 Å². The lowest BCUT2D eigenvalue weighted by atomic mass is 9.81. The summed E-state index contributed by atoms with van der Waals surface area (Å²) in [7, 11) is 3.42. The Labute approximate surface area is 194 Å². The zero-order valence-electron chi connectivity index (χ0n) is 18.6. The molecule has 33 heavy (non-hydrogen) atoms. The van der Waals surface area contributed by atoms with Crippen molar-refractivity contribution in [3.8, 4) is 17.2 Å². The maximum atomic E-state index is 12.8. The maximum absolute atomic E-state index is 12.8. The van der Waals surface area contributed by atoms with Gasteiger partial charge in [0.25, 0.3) is 0 Å². The molecule has 0 atom stereocenters. The van der Waals surface area contributed by atoms with E-state index in [4.69, 9.17) is 9.15 Å². The lowest BCUT2D eigenvalue weighted by Crippen LogP contribution is -2.30. The second-order valence-corrected chi connectivity index (χ2v) is 9.39. The van der Waals surface area contributed by atoms with E-state index in [1.54, 1.807) is 25.0 Å². The molecule has 172 valence electrons. The summed E-state index contributed by atoms with van der Waals surface area (Å²) in [5.41, 5.74) is 2.49. The van der Waals surface area contributed by atoms with Gasteiger partial charge in [0, 0.05) is 31.0 Å². The number of nitrogens with one attached hydrogen (secondary N) is 1. The molecule has 1 N–H and O–H groups in total. The SMILES string of the molecule is COc1ccc2c(c1)n(CC1CCC(C(=O)Nc3nc(-c4ccco4)cs3)CC1)c(=O)n2C. The fourth-order valence-corrected chi connectivity index (χ4v) is 5.34. The number of hydrogen-bond donors (Lipinski definition) is 1. The lowest BCUT2D eigenvalue weighted by Gasteiger charge is -2.27. The second kappa shape index (κ2) is 8.90. The largest absolute Gasteiger partial charge is 0.497 e. The van der Waals surface area contributed by atoms with Crippen molar-refractivity contribution >= 4 is 33.4 Å². The number of amides is 1. The van der Waals surface area contributed by atoms with E-state index in [1.165, 1.54) is 11.3 Å². The van der Waals surface area contributed by atoms with Crippen LogP contribution in [0.2, 0.25) is 0 Å². The summed E-state index contributed by atoms with van der Waals surface area (Å²) >= 11 is 1.40. The Morgan fingerprint density at radius 1 is 1.24 bits per heavy atom. The van der Waals surface area contributed by atoms with Gasteiger partial charge in [-0.05, 0) is 55.9 Å². The Balaban J connectivity index is 1.21. The van der Waals surface area contributed by atoms with E-state index >= 15 is 0 Å². The number of rotatable bonds is 6. The van der Waals surface area contributed by atoms with Gasteiger partial charge in [0.2, 0.25) is 5.91 Å². The highest BCUT2D eigenvalue weighted by atomic mass is 32.1. The van der Waals surface area contributed by atoms with Crippen LogP contribution in [0.15, 0.2) is 51.2 Å². The summed E-state index contributed by atoms with van der Waals surface area (Å²) < 4.78 is 14.2. The second-order valence-electron chi connectivity index (χ2n) is 8.53. The zero-order valence-corrected chi connectivity index (χ0v) is 19.4. The van der Waals surface area contributed by atoms with Gasteiger partial charge < -0.3 is 14.5 Å². The molecule has 0 unspecified atom stereocenters. The summed E-state index contributed by atoms with van der Waals surface area (Å²) in [6.07, 6.45) is 5.01. The lowest BCUT2D eigenvalue weighted by molar-refractivity contribution is -0.121. The van der Waals surface area contributed by atoms with Gasteiger partial charge >= 0.3 is 5.69 Å². The first-order chi connectivity index (χ1) is 16.0. The van der Waals surface area contributed by atoms with E-state index in [0.29, 0.717) is 23.4 Å². The molecule has 0 bridgehead atoms. The van der Waals surface area contributed by atoms with Crippen LogP contribution in [0.3, 0.4) is 0 Å². The number of ether oxygens (including phenoxy) is 1. The number of anilines is 1. The van der Waals surface area contributed by atoms with Gasteiger partial charge in [0.1, 0.15) is 11.4 Å². The van der Waals surface area contributed by atoms with Crippen LogP contribution in [0, 0.1) is 11.8 Å². The molecular formula is C24H26N4O4S. The average molecular weight is 467 g/mol. The number of imidazole rings is 1. The summed E-state index contributed by atoms with van der Waals surface area (Å²) in [4.78, 5) is 30.1. The van der Waals surface area contributed by atoms with Crippen LogP contribution >= 0.6 is 11.3 Å². The molecule has 0 saturated heterocycles. The first-order valence-electron chi connectivity index (χ1n) is 11.1. The Hall–Kier alpha value is -3.33. The van der Waals surface area contributed by atoms with Gasteiger partial charge in [-0.1, -0.05) is 0 Å². The van der Waals surface area contributed by atoms with Crippen LogP contribution in [0.1, 0.15) is 25.7 Å². The zero-order chi connectivity index (χ0) is 22.9. The third-order valence-corrected chi connectivity index (χ3v) is 7.28. The highest BCUT2D eigenvalue weighted by Crippen LogP contribution is 2.32. The highest BCUT2D eigenvalue weighted by molar-refractivity contribution is 7.14. The average Bonchev–Trinajstić information content (AvgIpc) is 3.57. The van der Waals surface area contributed by atoms with Crippen LogP contribution in [0.5, 0.6) is 5.75 Å². The molecule has 1 aliphatic rings. The molecule has 1 saturated carbocycles. The third kappa shape index (κ3) is 4.20. The summed E-state index contributed by atoms with van der Waals surface area (Å²) in [6, 6.07) is 9.37. The number of carbonyl (C=O) groups is 1. The number of fused-ring (bicyclic) bond motifs is 1. The quantitative estimate of drug-likeness (QED) is 0.451. The van der Waals surface area contributed by atoms with Gasteiger partial charge in [-0.3, -0.25) is 13.9 Å². The molecule has 0 spiro atoms. The van der Waals surface area contributed by atoms with Crippen molar-refractivity contribution in [2.24, 2.45) is 18.9 Å². The number of hydrogen-bond acceptors (Lipinski definition) is 6. The molecule has 4 aromatic rings. The number of aryl methyl sites for hydroxylation is 1. The fourth-order valence-electron chi connectivity index (χ4n) is 4.64. The minimum Gasteiger partial charge on any atom is -0.497 e. The molecule has 9 heteroatoms. The standard InChI is InChI=1S/C24H26N4O4S/c1-27-19-10-9-17(31-2)12-20(19)28(24(27)30)13-15-5-7-16(8-6-15)22(29)26-23-25-18(14-33-23)21-4-3-11-32-21/h3-4,9-12,14-16H,5-8,13H2,1-2H3,(H,25,26,29). The van der Waals surface area contributed by atoms with Crippen LogP contribution in [-0.2, 0) is 18.4 Å². The van der Waals surface area contributed by atoms with Crippen LogP contribution in [-0.4, -0.2) is 27.1 Å². The van der Waals surface area contributed by atoms with Crippen molar-refractivity contribution in [1.29, 1.82) is 0 Å². The van der Waals surface area contributed by atoms with E-state index in [1.807, 2.05) is 40.3 Å². The van der Waals surface area contributed by atoms with E-state index in [0.717, 1.165) is 48.2 Å². The molecule has 8 nitrogen and oxygen atoms in total. The highest BCUT2D eigenvalue weighted by Gasteiger charge is 2.28. The van der Waals surface area contributed by atoms with Gasteiger partial charge in [-0.2, -0.15) is 0 Å². The minimum absolute atomic E-state index is 0.0147. The molecule has 0 aliphatic heterocycles. The molecule has 1 aliphatic carbocycles. The molecule has 1 fully saturated rings. The van der Waals surface area contributed by atoms with E-state index in [2.05, 4.69) is 10.3 Å². The number of furan rings is 1. The van der Waals surface area contributed by atoms with E-state index in [9.17, 15) is 9.59 Å². The predicted molar refractivity (Wildman–Crippen MR) is 128 cm³/mol. The van der Waals surface area contributed by atoms with Crippen molar-refractivity contribution < 1.29 is 13.9 Å². The summed E-state index contributed by atoms with van der Waals surface area (Å²) in [5, 5.41) is 5.43. The summed E-state index contributed by atoms with van der Waals surface area (Å²) in [5.74, 6) is 1.75. The van der Waals surface area contributed by atoms with Crippen molar-refractivity contribution in [3.05, 3.63) is 52.5 Å². The maximum Gasteiger partial charge on any atom is 0.328 e. The van der Waals surface area contributed by atoms with Crippen LogP contribution in [0.4, 0.5) is 5.13 Å². The number of methoxy groups -OCH3 is 1. The number of nitrogens with zero attached hydrogens (tertiary/aromatic N) is 3. The van der Waals surface area contributed by atoms with Crippen molar-refractivity contribution in [3.63, 3.8) is 0 Å². The topological polar surface area (TPSA) is 91.3 Å². The Morgan fingerprint density at radius 3 is 2.79 bits per heavy atom. The van der Waals surface area contributed by atoms with Crippen LogP contribution < -0.4 is 15.7 Å². The number of thiazole rings is 1. The molecule has 0 radical (unpaired) electrons. The first-order valence-corrected chi connectivity index (χ1v) is 11.9. The number of benzene rings is 1.